The molecular formula is C21H28N2O2. The van der Waals surface area contributed by atoms with Gasteiger partial charge in [0.05, 0.1) is 12.3 Å². The van der Waals surface area contributed by atoms with E-state index in [0.717, 1.165) is 29.9 Å². The maximum Gasteiger partial charge on any atom is 0.253 e. The third kappa shape index (κ3) is 4.67. The number of nitrogens with zero attached hydrogens (tertiary/aromatic N) is 2. The van der Waals surface area contributed by atoms with Gasteiger partial charge in [-0.2, -0.15) is 0 Å². The molecule has 0 saturated carbocycles. The first-order chi connectivity index (χ1) is 12.0. The summed E-state index contributed by atoms with van der Waals surface area (Å²) in [6.07, 6.45) is 0.930. The number of carbonyl (C=O) groups excluding carboxylic acids is 1. The van der Waals surface area contributed by atoms with Crippen molar-refractivity contribution in [3.63, 3.8) is 0 Å². The second kappa shape index (κ2) is 8.77. The number of methoxy groups -OCH3 is 1. The summed E-state index contributed by atoms with van der Waals surface area (Å²) in [4.78, 5) is 19.2. The van der Waals surface area contributed by atoms with Crippen molar-refractivity contribution in [2.45, 2.75) is 34.1 Å². The van der Waals surface area contributed by atoms with E-state index in [1.165, 1.54) is 11.1 Å². The first-order valence-electron chi connectivity index (χ1n) is 8.81. The van der Waals surface area contributed by atoms with Gasteiger partial charge >= 0.3 is 0 Å². The lowest BCUT2D eigenvalue weighted by Crippen LogP contribution is -2.34. The van der Waals surface area contributed by atoms with Crippen molar-refractivity contribution in [1.29, 1.82) is 0 Å². The van der Waals surface area contributed by atoms with E-state index in [0.29, 0.717) is 18.7 Å². The van der Waals surface area contributed by atoms with Crippen molar-refractivity contribution < 1.29 is 9.53 Å². The predicted molar refractivity (Wildman–Crippen MR) is 102 cm³/mol. The molecule has 0 aliphatic carbocycles. The summed E-state index contributed by atoms with van der Waals surface area (Å²) >= 11 is 0. The molecule has 0 aliphatic heterocycles. The van der Waals surface area contributed by atoms with E-state index < -0.39 is 0 Å². The van der Waals surface area contributed by atoms with Gasteiger partial charge in [0.25, 0.3) is 5.91 Å². The molecule has 1 aromatic carbocycles. The van der Waals surface area contributed by atoms with E-state index >= 15 is 0 Å². The van der Waals surface area contributed by atoms with Crippen LogP contribution in [0.15, 0.2) is 30.3 Å². The maximum atomic E-state index is 12.7. The Morgan fingerprint density at radius 3 is 2.36 bits per heavy atom. The molecule has 1 amide bonds. The molecule has 4 heteroatoms. The molecule has 0 spiro atoms. The van der Waals surface area contributed by atoms with Crippen LogP contribution >= 0.6 is 0 Å². The third-order valence-corrected chi connectivity index (χ3v) is 4.55. The zero-order chi connectivity index (χ0) is 18.4. The Balaban J connectivity index is 2.22. The highest BCUT2D eigenvalue weighted by Gasteiger charge is 2.15. The minimum absolute atomic E-state index is 0.0506. The van der Waals surface area contributed by atoms with Gasteiger partial charge in [0.2, 0.25) is 0 Å². The lowest BCUT2D eigenvalue weighted by atomic mass is 10.0. The molecule has 0 atom stereocenters. The molecule has 1 heterocycles. The van der Waals surface area contributed by atoms with Crippen molar-refractivity contribution in [2.75, 3.05) is 26.8 Å². The molecular weight excluding hydrogens is 312 g/mol. The summed E-state index contributed by atoms with van der Waals surface area (Å²) in [6, 6.07) is 9.83. The second-order valence-electron chi connectivity index (χ2n) is 6.40. The molecule has 2 rings (SSSR count). The van der Waals surface area contributed by atoms with Gasteiger partial charge in [0.1, 0.15) is 0 Å². The summed E-state index contributed by atoms with van der Waals surface area (Å²) < 4.78 is 5.11. The molecule has 0 bridgehead atoms. The molecule has 2 aromatic rings. The van der Waals surface area contributed by atoms with Crippen LogP contribution in [0, 0.1) is 20.8 Å². The van der Waals surface area contributed by atoms with Gasteiger partial charge in [-0.15, -0.1) is 0 Å². The van der Waals surface area contributed by atoms with Gasteiger partial charge in [-0.25, -0.2) is 0 Å². The van der Waals surface area contributed by atoms with Crippen LogP contribution in [0.25, 0.3) is 11.3 Å². The second-order valence-corrected chi connectivity index (χ2v) is 6.40. The topological polar surface area (TPSA) is 42.4 Å². The number of hydrogen-bond donors (Lipinski definition) is 0. The molecule has 0 radical (unpaired) electrons. The SMILES string of the molecule is CCCN(CCOC)C(=O)c1ccc(-c2cc(C)c(C)c(C)n2)cc1. The summed E-state index contributed by atoms with van der Waals surface area (Å²) in [5.41, 5.74) is 6.18. The molecule has 0 fully saturated rings. The number of amides is 1. The average Bonchev–Trinajstić information content (AvgIpc) is 2.62. The minimum Gasteiger partial charge on any atom is -0.383 e. The number of pyridine rings is 1. The summed E-state index contributed by atoms with van der Waals surface area (Å²) in [5, 5.41) is 0. The monoisotopic (exact) mass is 340 g/mol. The van der Waals surface area contributed by atoms with E-state index in [1.54, 1.807) is 7.11 Å². The smallest absolute Gasteiger partial charge is 0.253 e. The lowest BCUT2D eigenvalue weighted by Gasteiger charge is -2.22. The molecule has 25 heavy (non-hydrogen) atoms. The van der Waals surface area contributed by atoms with Crippen LogP contribution in [0.5, 0.6) is 0 Å². The number of carbonyl (C=O) groups is 1. The molecule has 0 aliphatic rings. The average molecular weight is 340 g/mol. The number of rotatable bonds is 7. The Morgan fingerprint density at radius 2 is 1.80 bits per heavy atom. The van der Waals surface area contributed by atoms with E-state index in [2.05, 4.69) is 31.8 Å². The van der Waals surface area contributed by atoms with E-state index in [-0.39, 0.29) is 5.91 Å². The summed E-state index contributed by atoms with van der Waals surface area (Å²) in [6.45, 7) is 10.2. The van der Waals surface area contributed by atoms with E-state index in [4.69, 9.17) is 4.74 Å². The molecule has 0 saturated heterocycles. The Kier molecular flexibility index (Phi) is 6.71. The Hall–Kier alpha value is -2.20. The van der Waals surface area contributed by atoms with Crippen molar-refractivity contribution in [3.8, 4) is 11.3 Å². The van der Waals surface area contributed by atoms with Gasteiger partial charge < -0.3 is 9.64 Å². The minimum atomic E-state index is 0.0506. The van der Waals surface area contributed by atoms with Gasteiger partial charge in [-0.1, -0.05) is 19.1 Å². The molecule has 134 valence electrons. The zero-order valence-corrected chi connectivity index (χ0v) is 15.9. The lowest BCUT2D eigenvalue weighted by molar-refractivity contribution is 0.0695. The van der Waals surface area contributed by atoms with Crippen LogP contribution < -0.4 is 0 Å². The molecule has 0 unspecified atom stereocenters. The van der Waals surface area contributed by atoms with Crippen LogP contribution in [-0.4, -0.2) is 42.6 Å². The van der Waals surface area contributed by atoms with Gasteiger partial charge in [-0.3, -0.25) is 9.78 Å². The Labute approximate surface area is 150 Å². The van der Waals surface area contributed by atoms with Crippen LogP contribution in [0.4, 0.5) is 0 Å². The number of aromatic nitrogens is 1. The van der Waals surface area contributed by atoms with Crippen LogP contribution in [0.3, 0.4) is 0 Å². The quantitative estimate of drug-likeness (QED) is 0.759. The fourth-order valence-electron chi connectivity index (χ4n) is 2.80. The van der Waals surface area contributed by atoms with Crippen LogP contribution in [-0.2, 0) is 4.74 Å². The summed E-state index contributed by atoms with van der Waals surface area (Å²) in [5.74, 6) is 0.0506. The standard InChI is InChI=1S/C21H28N2O2/c1-6-11-23(12-13-25-5)21(24)19-9-7-18(8-10-19)20-14-15(2)16(3)17(4)22-20/h7-10,14H,6,11-13H2,1-5H3. The van der Waals surface area contributed by atoms with E-state index in [9.17, 15) is 4.79 Å². The highest BCUT2D eigenvalue weighted by Crippen LogP contribution is 2.22. The number of ether oxygens (including phenoxy) is 1. The first-order valence-corrected chi connectivity index (χ1v) is 8.81. The van der Waals surface area contributed by atoms with E-state index in [1.807, 2.05) is 36.1 Å². The van der Waals surface area contributed by atoms with Crippen LogP contribution in [0.2, 0.25) is 0 Å². The number of hydrogen-bond acceptors (Lipinski definition) is 3. The highest BCUT2D eigenvalue weighted by molar-refractivity contribution is 5.94. The Morgan fingerprint density at radius 1 is 1.12 bits per heavy atom. The van der Waals surface area contributed by atoms with Gasteiger partial charge in [0, 0.05) is 37.0 Å². The number of benzene rings is 1. The fourth-order valence-corrected chi connectivity index (χ4v) is 2.80. The highest BCUT2D eigenvalue weighted by atomic mass is 16.5. The van der Waals surface area contributed by atoms with Gasteiger partial charge in [-0.05, 0) is 56.5 Å². The summed E-state index contributed by atoms with van der Waals surface area (Å²) in [7, 11) is 1.65. The fraction of sp³-hybridized carbons (Fsp3) is 0.429. The Bertz CT molecular complexity index is 700. The third-order valence-electron chi connectivity index (χ3n) is 4.55. The van der Waals surface area contributed by atoms with Crippen LogP contribution in [0.1, 0.15) is 40.5 Å². The predicted octanol–water partition coefficient (Wildman–Crippen LogP) is 4.17. The zero-order valence-electron chi connectivity index (χ0n) is 15.9. The normalized spacial score (nSPS) is 10.8. The molecule has 4 nitrogen and oxygen atoms in total. The first kappa shape index (κ1) is 19.1. The number of aryl methyl sites for hydroxylation is 2. The van der Waals surface area contributed by atoms with Crippen molar-refractivity contribution in [1.82, 2.24) is 9.88 Å². The molecule has 0 N–H and O–H groups in total. The largest absolute Gasteiger partial charge is 0.383 e. The van der Waals surface area contributed by atoms with Gasteiger partial charge in [0.15, 0.2) is 0 Å². The molecule has 1 aromatic heterocycles. The maximum absolute atomic E-state index is 12.7. The van der Waals surface area contributed by atoms with Crippen molar-refractivity contribution >= 4 is 5.91 Å². The van der Waals surface area contributed by atoms with Crippen molar-refractivity contribution in [2.24, 2.45) is 0 Å². The van der Waals surface area contributed by atoms with Crippen molar-refractivity contribution in [3.05, 3.63) is 52.7 Å².